The molecule has 2 rings (SSSR count). The third kappa shape index (κ3) is 5.69. The topological polar surface area (TPSA) is 137 Å². The van der Waals surface area contributed by atoms with Crippen LogP contribution in [0, 0.1) is 6.92 Å². The van der Waals surface area contributed by atoms with Gasteiger partial charge in [-0.05, 0) is 56.7 Å². The Morgan fingerprint density at radius 2 is 1.52 bits per heavy atom. The van der Waals surface area contributed by atoms with Crippen LogP contribution in [-0.2, 0) is 10.0 Å². The molecular formula is C19H23N3O6S. The Morgan fingerprint density at radius 3 is 2.03 bits per heavy atom. The van der Waals surface area contributed by atoms with Crippen LogP contribution in [0.15, 0.2) is 41.3 Å². The van der Waals surface area contributed by atoms with Gasteiger partial charge in [-0.3, -0.25) is 20.4 Å². The third-order valence-corrected chi connectivity index (χ3v) is 4.89. The summed E-state index contributed by atoms with van der Waals surface area (Å²) in [5.41, 5.74) is 5.16. The number of carbonyl (C=O) groups excluding carboxylic acids is 2. The van der Waals surface area contributed by atoms with Crippen LogP contribution in [0.25, 0.3) is 0 Å². The van der Waals surface area contributed by atoms with Gasteiger partial charge in [-0.2, -0.15) is 0 Å². The number of hydrogen-bond acceptors (Lipinski definition) is 6. The summed E-state index contributed by atoms with van der Waals surface area (Å²) < 4.78 is 34.0. The second-order valence-electron chi connectivity index (χ2n) is 6.47. The van der Waals surface area contributed by atoms with Gasteiger partial charge in [0.15, 0.2) is 11.5 Å². The largest absolute Gasteiger partial charge is 0.493 e. The van der Waals surface area contributed by atoms with E-state index >= 15 is 0 Å². The molecule has 0 bridgehead atoms. The SMILES string of the molecule is COc1cc(C(=O)NNC(=O)c2ccc(C)c(S(N)(=O)=O)c2)ccc1OC(C)C. The van der Waals surface area contributed by atoms with E-state index in [0.717, 1.165) is 6.07 Å². The molecule has 0 aliphatic heterocycles. The molecule has 0 radical (unpaired) electrons. The molecule has 4 N–H and O–H groups in total. The number of amides is 2. The van der Waals surface area contributed by atoms with Crippen molar-refractivity contribution >= 4 is 21.8 Å². The predicted molar refractivity (Wildman–Crippen MR) is 106 cm³/mol. The highest BCUT2D eigenvalue weighted by molar-refractivity contribution is 7.89. The van der Waals surface area contributed by atoms with Crippen molar-refractivity contribution in [3.63, 3.8) is 0 Å². The van der Waals surface area contributed by atoms with E-state index < -0.39 is 21.8 Å². The molecule has 0 spiro atoms. The number of methoxy groups -OCH3 is 1. The average Bonchev–Trinajstić information content (AvgIpc) is 2.65. The van der Waals surface area contributed by atoms with Gasteiger partial charge in [-0.1, -0.05) is 6.07 Å². The van der Waals surface area contributed by atoms with Crippen LogP contribution in [-0.4, -0.2) is 33.4 Å². The normalized spacial score (nSPS) is 11.1. The quantitative estimate of drug-likeness (QED) is 0.605. The lowest BCUT2D eigenvalue weighted by molar-refractivity contribution is 0.0846. The lowest BCUT2D eigenvalue weighted by Gasteiger charge is -2.14. The molecule has 0 aromatic heterocycles. The minimum Gasteiger partial charge on any atom is -0.493 e. The summed E-state index contributed by atoms with van der Waals surface area (Å²) in [5, 5.41) is 5.14. The molecule has 0 aliphatic carbocycles. The zero-order valence-corrected chi connectivity index (χ0v) is 17.3. The molecule has 2 aromatic carbocycles. The number of benzene rings is 2. The van der Waals surface area contributed by atoms with E-state index in [2.05, 4.69) is 10.9 Å². The number of sulfonamides is 1. The van der Waals surface area contributed by atoms with E-state index in [0.29, 0.717) is 17.1 Å². The van der Waals surface area contributed by atoms with Crippen molar-refractivity contribution < 1.29 is 27.5 Å². The van der Waals surface area contributed by atoms with Crippen LogP contribution in [0.2, 0.25) is 0 Å². The summed E-state index contributed by atoms with van der Waals surface area (Å²) in [6.45, 7) is 5.28. The van der Waals surface area contributed by atoms with Crippen LogP contribution < -0.4 is 25.5 Å². The number of nitrogens with one attached hydrogen (secondary N) is 2. The first-order valence-corrected chi connectivity index (χ1v) is 10.2. The van der Waals surface area contributed by atoms with Crippen molar-refractivity contribution in [1.29, 1.82) is 0 Å². The smallest absolute Gasteiger partial charge is 0.269 e. The molecule has 0 aliphatic rings. The molecule has 2 amide bonds. The van der Waals surface area contributed by atoms with E-state index in [-0.39, 0.29) is 22.1 Å². The van der Waals surface area contributed by atoms with Crippen LogP contribution in [0.4, 0.5) is 0 Å². The van der Waals surface area contributed by atoms with Crippen LogP contribution >= 0.6 is 0 Å². The van der Waals surface area contributed by atoms with Crippen LogP contribution in [0.5, 0.6) is 11.5 Å². The molecule has 10 heteroatoms. The van der Waals surface area contributed by atoms with Crippen molar-refractivity contribution in [3.05, 3.63) is 53.1 Å². The lowest BCUT2D eigenvalue weighted by atomic mass is 10.1. The van der Waals surface area contributed by atoms with E-state index in [9.17, 15) is 18.0 Å². The van der Waals surface area contributed by atoms with Gasteiger partial charge in [0.25, 0.3) is 11.8 Å². The molecule has 9 nitrogen and oxygen atoms in total. The van der Waals surface area contributed by atoms with Gasteiger partial charge in [-0.15, -0.1) is 0 Å². The van der Waals surface area contributed by atoms with Crippen molar-refractivity contribution in [1.82, 2.24) is 10.9 Å². The second kappa shape index (κ2) is 8.93. The Labute approximate surface area is 169 Å². The monoisotopic (exact) mass is 421 g/mol. The summed E-state index contributed by atoms with van der Waals surface area (Å²) in [6.07, 6.45) is -0.0698. The number of primary sulfonamides is 1. The standard InChI is InChI=1S/C19H23N3O6S/c1-11(2)28-15-8-7-13(9-16(15)27-4)18(23)21-22-19(24)14-6-5-12(3)17(10-14)29(20,25)26/h5-11H,1-4H3,(H,21,23)(H,22,24)(H2,20,25,26). The van der Waals surface area contributed by atoms with Crippen LogP contribution in [0.1, 0.15) is 40.1 Å². The highest BCUT2D eigenvalue weighted by atomic mass is 32.2. The van der Waals surface area contributed by atoms with E-state index in [4.69, 9.17) is 14.6 Å². The summed E-state index contributed by atoms with van der Waals surface area (Å²) >= 11 is 0. The first-order valence-electron chi connectivity index (χ1n) is 8.61. The Balaban J connectivity index is 2.12. The van der Waals surface area contributed by atoms with Gasteiger partial charge < -0.3 is 9.47 Å². The van der Waals surface area contributed by atoms with E-state index in [1.807, 2.05) is 13.8 Å². The molecule has 0 unspecified atom stereocenters. The number of nitrogens with two attached hydrogens (primary N) is 1. The van der Waals surface area contributed by atoms with Crippen molar-refractivity contribution in [3.8, 4) is 11.5 Å². The number of aryl methyl sites for hydroxylation is 1. The highest BCUT2D eigenvalue weighted by Crippen LogP contribution is 2.28. The number of ether oxygens (including phenoxy) is 2. The summed E-state index contributed by atoms with van der Waals surface area (Å²) in [6, 6.07) is 8.61. The maximum atomic E-state index is 12.3. The minimum absolute atomic E-state index is 0.0261. The van der Waals surface area contributed by atoms with Gasteiger partial charge >= 0.3 is 0 Å². The Hall–Kier alpha value is -3.11. The molecule has 0 saturated carbocycles. The Morgan fingerprint density at radius 1 is 0.966 bits per heavy atom. The fourth-order valence-electron chi connectivity index (χ4n) is 2.47. The fraction of sp³-hybridized carbons (Fsp3) is 0.263. The molecular weight excluding hydrogens is 398 g/mol. The second-order valence-corrected chi connectivity index (χ2v) is 8.00. The van der Waals surface area contributed by atoms with Gasteiger partial charge in [-0.25, -0.2) is 13.6 Å². The van der Waals surface area contributed by atoms with E-state index in [1.54, 1.807) is 13.0 Å². The summed E-state index contributed by atoms with van der Waals surface area (Å²) in [5.74, 6) is -0.436. The Bertz CT molecular complexity index is 1030. The summed E-state index contributed by atoms with van der Waals surface area (Å²) in [7, 11) is -2.53. The van der Waals surface area contributed by atoms with Gasteiger partial charge in [0, 0.05) is 11.1 Å². The lowest BCUT2D eigenvalue weighted by Crippen LogP contribution is -2.41. The minimum atomic E-state index is -3.98. The molecule has 29 heavy (non-hydrogen) atoms. The fourth-order valence-corrected chi connectivity index (χ4v) is 3.27. The molecule has 0 atom stereocenters. The Kier molecular flexibility index (Phi) is 6.83. The molecule has 156 valence electrons. The number of hydrazine groups is 1. The van der Waals surface area contributed by atoms with Crippen LogP contribution in [0.3, 0.4) is 0 Å². The van der Waals surface area contributed by atoms with Crippen molar-refractivity contribution in [2.45, 2.75) is 31.8 Å². The number of hydrogen-bond donors (Lipinski definition) is 3. The molecule has 2 aromatic rings. The molecule has 0 saturated heterocycles. The number of carbonyl (C=O) groups is 2. The number of rotatable bonds is 6. The first kappa shape index (κ1) is 22.2. The van der Waals surface area contributed by atoms with Crippen molar-refractivity contribution in [2.75, 3.05) is 7.11 Å². The first-order chi connectivity index (χ1) is 13.5. The maximum Gasteiger partial charge on any atom is 0.269 e. The predicted octanol–water partition coefficient (Wildman–Crippen LogP) is 1.51. The molecule has 0 heterocycles. The average molecular weight is 421 g/mol. The highest BCUT2D eigenvalue weighted by Gasteiger charge is 2.17. The zero-order valence-electron chi connectivity index (χ0n) is 16.5. The van der Waals surface area contributed by atoms with Crippen molar-refractivity contribution in [2.24, 2.45) is 5.14 Å². The van der Waals surface area contributed by atoms with Gasteiger partial charge in [0.05, 0.1) is 18.1 Å². The van der Waals surface area contributed by atoms with Gasteiger partial charge in [0.1, 0.15) is 0 Å². The van der Waals surface area contributed by atoms with Gasteiger partial charge in [0.2, 0.25) is 10.0 Å². The zero-order chi connectivity index (χ0) is 21.8. The van der Waals surface area contributed by atoms with E-state index in [1.165, 1.54) is 31.4 Å². The molecule has 0 fully saturated rings. The third-order valence-electron chi connectivity index (χ3n) is 3.83. The maximum absolute atomic E-state index is 12.3. The summed E-state index contributed by atoms with van der Waals surface area (Å²) in [4.78, 5) is 24.4.